The lowest BCUT2D eigenvalue weighted by atomic mass is 10.0. The Kier molecular flexibility index (Phi) is 20.0. The summed E-state index contributed by atoms with van der Waals surface area (Å²) in [5, 5.41) is 5.88. The van der Waals surface area contributed by atoms with Gasteiger partial charge in [-0.3, -0.25) is 14.4 Å². The van der Waals surface area contributed by atoms with Gasteiger partial charge in [-0.2, -0.15) is 0 Å². The molecule has 8 nitrogen and oxygen atoms in total. The summed E-state index contributed by atoms with van der Waals surface area (Å²) in [6.45, 7) is 11.7. The Morgan fingerprint density at radius 2 is 1.37 bits per heavy atom. The summed E-state index contributed by atoms with van der Waals surface area (Å²) in [4.78, 5) is 37.1. The van der Waals surface area contributed by atoms with Gasteiger partial charge in [-0.05, 0) is 39.0 Å². The van der Waals surface area contributed by atoms with E-state index >= 15 is 0 Å². The zero-order valence-electron chi connectivity index (χ0n) is 27.2. The molecule has 240 valence electrons. The SMILES string of the molecule is CCCCCCCCCCCCCC(=O)OC1CC(NC(=O)CCC(=O)NCCC(C)(C)OCC(C)C)CC1OC. The molecule has 0 spiro atoms. The zero-order valence-corrected chi connectivity index (χ0v) is 27.2. The van der Waals surface area contributed by atoms with Crippen LogP contribution in [0.3, 0.4) is 0 Å². The quantitative estimate of drug-likeness (QED) is 0.0978. The average Bonchev–Trinajstić information content (AvgIpc) is 3.30. The maximum absolute atomic E-state index is 12.5. The topological polar surface area (TPSA) is 103 Å². The first-order chi connectivity index (χ1) is 19.6. The van der Waals surface area contributed by atoms with Crippen molar-refractivity contribution in [3.8, 4) is 0 Å². The van der Waals surface area contributed by atoms with Gasteiger partial charge in [-0.25, -0.2) is 0 Å². The van der Waals surface area contributed by atoms with Crippen molar-refractivity contribution in [3.63, 3.8) is 0 Å². The second-order valence-electron chi connectivity index (χ2n) is 12.9. The first kappa shape index (κ1) is 37.4. The molecule has 0 aliphatic heterocycles. The highest BCUT2D eigenvalue weighted by Crippen LogP contribution is 2.26. The summed E-state index contributed by atoms with van der Waals surface area (Å²) in [6.07, 6.45) is 15.6. The molecule has 0 radical (unpaired) electrons. The second kappa shape index (κ2) is 21.9. The van der Waals surface area contributed by atoms with Crippen LogP contribution in [-0.2, 0) is 28.6 Å². The molecule has 0 aromatic carbocycles. The van der Waals surface area contributed by atoms with Crippen molar-refractivity contribution in [2.45, 2.75) is 168 Å². The molecule has 3 unspecified atom stereocenters. The highest BCUT2D eigenvalue weighted by Gasteiger charge is 2.37. The van der Waals surface area contributed by atoms with Crippen LogP contribution in [0.15, 0.2) is 0 Å². The van der Waals surface area contributed by atoms with E-state index in [9.17, 15) is 14.4 Å². The lowest BCUT2D eigenvalue weighted by Gasteiger charge is -2.26. The molecule has 1 aliphatic rings. The van der Waals surface area contributed by atoms with E-state index in [0.29, 0.717) is 44.8 Å². The minimum Gasteiger partial charge on any atom is -0.460 e. The van der Waals surface area contributed by atoms with Crippen molar-refractivity contribution in [1.29, 1.82) is 0 Å². The zero-order chi connectivity index (χ0) is 30.5. The molecular weight excluding hydrogens is 520 g/mol. The highest BCUT2D eigenvalue weighted by molar-refractivity contribution is 5.83. The lowest BCUT2D eigenvalue weighted by Crippen LogP contribution is -2.36. The van der Waals surface area contributed by atoms with Gasteiger partial charge in [0.1, 0.15) is 6.10 Å². The van der Waals surface area contributed by atoms with Crippen LogP contribution in [-0.4, -0.2) is 61.9 Å². The van der Waals surface area contributed by atoms with Crippen molar-refractivity contribution in [1.82, 2.24) is 10.6 Å². The molecule has 0 aromatic rings. The maximum atomic E-state index is 12.5. The smallest absolute Gasteiger partial charge is 0.306 e. The minimum absolute atomic E-state index is 0.122. The van der Waals surface area contributed by atoms with Gasteiger partial charge >= 0.3 is 5.97 Å². The fraction of sp³-hybridized carbons (Fsp3) is 0.909. The fourth-order valence-electron chi connectivity index (χ4n) is 5.19. The van der Waals surface area contributed by atoms with E-state index in [1.54, 1.807) is 7.11 Å². The molecule has 1 saturated carbocycles. The monoisotopic (exact) mass is 582 g/mol. The van der Waals surface area contributed by atoms with Crippen LogP contribution in [0.2, 0.25) is 0 Å². The van der Waals surface area contributed by atoms with Crippen LogP contribution >= 0.6 is 0 Å². The number of rotatable bonds is 24. The molecule has 2 amide bonds. The van der Waals surface area contributed by atoms with Gasteiger partial charge in [-0.15, -0.1) is 0 Å². The molecule has 2 N–H and O–H groups in total. The van der Waals surface area contributed by atoms with Crippen molar-refractivity contribution < 1.29 is 28.6 Å². The fourth-order valence-corrected chi connectivity index (χ4v) is 5.19. The summed E-state index contributed by atoms with van der Waals surface area (Å²) in [5.41, 5.74) is -0.303. The predicted molar refractivity (Wildman–Crippen MR) is 165 cm³/mol. The van der Waals surface area contributed by atoms with E-state index in [1.807, 2.05) is 13.8 Å². The van der Waals surface area contributed by atoms with Crippen LogP contribution in [0, 0.1) is 5.92 Å². The summed E-state index contributed by atoms with van der Waals surface area (Å²) in [6, 6.07) is -0.130. The molecule has 41 heavy (non-hydrogen) atoms. The molecule has 0 heterocycles. The van der Waals surface area contributed by atoms with Crippen molar-refractivity contribution in [2.75, 3.05) is 20.3 Å². The summed E-state index contributed by atoms with van der Waals surface area (Å²) in [5.74, 6) is -0.0406. The Labute approximate surface area is 250 Å². The van der Waals surface area contributed by atoms with E-state index in [4.69, 9.17) is 14.2 Å². The normalized spacial score (nSPS) is 19.0. The number of amides is 2. The summed E-state index contributed by atoms with van der Waals surface area (Å²) in [7, 11) is 1.61. The summed E-state index contributed by atoms with van der Waals surface area (Å²) < 4.78 is 17.2. The first-order valence-corrected chi connectivity index (χ1v) is 16.5. The number of esters is 1. The number of hydrogen-bond donors (Lipinski definition) is 2. The van der Waals surface area contributed by atoms with Crippen LogP contribution in [0.25, 0.3) is 0 Å². The molecule has 1 fully saturated rings. The van der Waals surface area contributed by atoms with E-state index in [2.05, 4.69) is 31.4 Å². The molecule has 0 aromatic heterocycles. The number of ether oxygens (including phenoxy) is 3. The van der Waals surface area contributed by atoms with Crippen LogP contribution < -0.4 is 10.6 Å². The Bertz CT molecular complexity index is 727. The van der Waals surface area contributed by atoms with Crippen LogP contribution in [0.5, 0.6) is 0 Å². The van der Waals surface area contributed by atoms with Gasteiger partial charge in [0.15, 0.2) is 0 Å². The van der Waals surface area contributed by atoms with Crippen LogP contribution in [0.1, 0.15) is 144 Å². The van der Waals surface area contributed by atoms with Gasteiger partial charge in [0.25, 0.3) is 0 Å². The third kappa shape index (κ3) is 19.2. The lowest BCUT2D eigenvalue weighted by molar-refractivity contribution is -0.154. The third-order valence-corrected chi connectivity index (χ3v) is 7.82. The molecule has 0 bridgehead atoms. The molecule has 3 atom stereocenters. The minimum atomic E-state index is -0.352. The van der Waals surface area contributed by atoms with Gasteiger partial charge < -0.3 is 24.8 Å². The number of methoxy groups -OCH3 is 1. The van der Waals surface area contributed by atoms with Crippen molar-refractivity contribution in [3.05, 3.63) is 0 Å². The number of hydrogen-bond acceptors (Lipinski definition) is 6. The highest BCUT2D eigenvalue weighted by atomic mass is 16.6. The van der Waals surface area contributed by atoms with Crippen LogP contribution in [0.4, 0.5) is 0 Å². The Morgan fingerprint density at radius 1 is 0.805 bits per heavy atom. The van der Waals surface area contributed by atoms with Gasteiger partial charge in [0.2, 0.25) is 11.8 Å². The van der Waals surface area contributed by atoms with Gasteiger partial charge in [0, 0.05) is 52.0 Å². The van der Waals surface area contributed by atoms with E-state index in [0.717, 1.165) is 12.8 Å². The van der Waals surface area contributed by atoms with Gasteiger partial charge in [-0.1, -0.05) is 85.0 Å². The predicted octanol–water partition coefficient (Wildman–Crippen LogP) is 6.63. The number of carbonyl (C=O) groups excluding carboxylic acids is 3. The van der Waals surface area contributed by atoms with E-state index in [-0.39, 0.29) is 54.5 Å². The first-order valence-electron chi connectivity index (χ1n) is 16.5. The molecule has 1 rings (SSSR count). The van der Waals surface area contributed by atoms with Crippen molar-refractivity contribution >= 4 is 17.8 Å². The molecule has 8 heteroatoms. The number of nitrogens with one attached hydrogen (secondary N) is 2. The van der Waals surface area contributed by atoms with Gasteiger partial charge in [0.05, 0.1) is 11.7 Å². The third-order valence-electron chi connectivity index (χ3n) is 7.82. The standard InChI is InChI=1S/C33H62N2O6/c1-7-8-9-10-11-12-13-14-15-16-17-18-32(38)41-29-24-27(23-28(29)39-6)35-31(37)20-19-30(36)34-22-21-33(4,5)40-25-26(2)3/h26-29H,7-25H2,1-6H3,(H,34,36)(H,35,37). The Balaban J connectivity index is 2.18. The average molecular weight is 583 g/mol. The van der Waals surface area contributed by atoms with E-state index in [1.165, 1.54) is 57.8 Å². The second-order valence-corrected chi connectivity index (χ2v) is 12.9. The largest absolute Gasteiger partial charge is 0.460 e. The number of carbonyl (C=O) groups is 3. The van der Waals surface area contributed by atoms with E-state index < -0.39 is 0 Å². The molecule has 0 saturated heterocycles. The maximum Gasteiger partial charge on any atom is 0.306 e. The Morgan fingerprint density at radius 3 is 1.95 bits per heavy atom. The number of unbranched alkanes of at least 4 members (excludes halogenated alkanes) is 10. The Hall–Kier alpha value is -1.67. The molecular formula is C33H62N2O6. The molecule has 1 aliphatic carbocycles. The summed E-state index contributed by atoms with van der Waals surface area (Å²) >= 11 is 0. The van der Waals surface area contributed by atoms with Crippen molar-refractivity contribution in [2.24, 2.45) is 5.92 Å².